The summed E-state index contributed by atoms with van der Waals surface area (Å²) in [5, 5.41) is 1.33. The zero-order valence-corrected chi connectivity index (χ0v) is 14.5. The van der Waals surface area contributed by atoms with Crippen LogP contribution in [0.3, 0.4) is 0 Å². The van der Waals surface area contributed by atoms with E-state index in [9.17, 15) is 0 Å². The molecule has 1 aliphatic carbocycles. The molecular formula is C20H30N2. The third-order valence-electron chi connectivity index (χ3n) is 5.92. The van der Waals surface area contributed by atoms with Gasteiger partial charge in [0.2, 0.25) is 0 Å². The average Bonchev–Trinajstić information content (AvgIpc) is 2.98. The van der Waals surface area contributed by atoms with Crippen LogP contribution in [0.2, 0.25) is 0 Å². The molecule has 1 aromatic heterocycles. The van der Waals surface area contributed by atoms with Crippen LogP contribution in [0.15, 0.2) is 30.3 Å². The third-order valence-corrected chi connectivity index (χ3v) is 5.92. The summed E-state index contributed by atoms with van der Waals surface area (Å²) in [5.74, 6) is 1.05. The second-order valence-electron chi connectivity index (χ2n) is 7.27. The molecule has 1 aliphatic heterocycles. The smallest absolute Gasteiger partial charge is 0.0479 e. The summed E-state index contributed by atoms with van der Waals surface area (Å²) in [7, 11) is 4.40. The van der Waals surface area contributed by atoms with Crippen LogP contribution in [0.5, 0.6) is 0 Å². The van der Waals surface area contributed by atoms with Crippen molar-refractivity contribution in [3.8, 4) is 0 Å². The van der Waals surface area contributed by atoms with E-state index in [1.54, 1.807) is 0 Å². The molecule has 0 bridgehead atoms. The molecule has 3 atom stereocenters. The lowest BCUT2D eigenvalue weighted by atomic mass is 9.85. The molecule has 0 spiro atoms. The Hall–Kier alpha value is -1.28. The molecule has 0 radical (unpaired) electrons. The Kier molecular flexibility index (Phi) is 4.58. The van der Waals surface area contributed by atoms with Crippen molar-refractivity contribution in [3.63, 3.8) is 0 Å². The van der Waals surface area contributed by atoms with Gasteiger partial charge in [0, 0.05) is 30.3 Å². The Labute approximate surface area is 135 Å². The van der Waals surface area contributed by atoms with Crippen LogP contribution in [-0.2, 0) is 7.05 Å². The molecule has 1 saturated heterocycles. The van der Waals surface area contributed by atoms with E-state index in [1.807, 2.05) is 0 Å². The highest BCUT2D eigenvalue weighted by Crippen LogP contribution is 2.38. The number of hydrogen-bond acceptors (Lipinski definition) is 1. The monoisotopic (exact) mass is 298 g/mol. The highest BCUT2D eigenvalue weighted by atomic mass is 15.2. The van der Waals surface area contributed by atoms with Crippen molar-refractivity contribution in [2.45, 2.75) is 58.0 Å². The van der Waals surface area contributed by atoms with Crippen LogP contribution < -0.4 is 0 Å². The van der Waals surface area contributed by atoms with Crippen LogP contribution in [0.4, 0.5) is 0 Å². The van der Waals surface area contributed by atoms with Crippen molar-refractivity contribution in [2.75, 3.05) is 7.05 Å². The Balaban J connectivity index is 0.000000131. The quantitative estimate of drug-likeness (QED) is 0.681. The largest absolute Gasteiger partial charge is 0.348 e. The summed E-state index contributed by atoms with van der Waals surface area (Å²) in [6, 6.07) is 12.4. The first-order valence-corrected chi connectivity index (χ1v) is 8.81. The number of benzene rings is 1. The van der Waals surface area contributed by atoms with E-state index >= 15 is 0 Å². The first kappa shape index (κ1) is 15.6. The van der Waals surface area contributed by atoms with Crippen molar-refractivity contribution in [3.05, 3.63) is 36.0 Å². The first-order chi connectivity index (χ1) is 10.6. The second kappa shape index (κ2) is 6.45. The lowest BCUT2D eigenvalue weighted by molar-refractivity contribution is 0.192. The number of aryl methyl sites for hydroxylation is 2. The van der Waals surface area contributed by atoms with E-state index in [0.717, 1.165) is 18.0 Å². The summed E-state index contributed by atoms with van der Waals surface area (Å²) in [6.07, 6.45) is 7.38. The van der Waals surface area contributed by atoms with Crippen LogP contribution in [0.25, 0.3) is 10.9 Å². The minimum Gasteiger partial charge on any atom is -0.348 e. The Bertz CT molecular complexity index is 628. The molecule has 2 heterocycles. The first-order valence-electron chi connectivity index (χ1n) is 8.81. The Morgan fingerprint density at radius 2 is 1.77 bits per heavy atom. The topological polar surface area (TPSA) is 8.17 Å². The molecule has 0 N–H and O–H groups in total. The highest BCUT2D eigenvalue weighted by Gasteiger charge is 2.37. The highest BCUT2D eigenvalue weighted by molar-refractivity contribution is 5.80. The van der Waals surface area contributed by atoms with Gasteiger partial charge in [0.1, 0.15) is 0 Å². The van der Waals surface area contributed by atoms with Gasteiger partial charge < -0.3 is 9.47 Å². The maximum absolute atomic E-state index is 2.60. The molecule has 22 heavy (non-hydrogen) atoms. The van der Waals surface area contributed by atoms with E-state index in [2.05, 4.69) is 67.7 Å². The normalized spacial score (nSPS) is 28.3. The van der Waals surface area contributed by atoms with Crippen LogP contribution >= 0.6 is 0 Å². The van der Waals surface area contributed by atoms with Gasteiger partial charge in [0.25, 0.3) is 0 Å². The minimum absolute atomic E-state index is 0.850. The number of nitrogens with zero attached hydrogens (tertiary/aromatic N) is 2. The van der Waals surface area contributed by atoms with Gasteiger partial charge in [-0.1, -0.05) is 31.0 Å². The molecule has 1 saturated carbocycles. The van der Waals surface area contributed by atoms with Crippen LogP contribution in [-0.4, -0.2) is 28.6 Å². The molecule has 2 fully saturated rings. The molecule has 2 aromatic rings. The fraction of sp³-hybridized carbons (Fsp3) is 0.600. The van der Waals surface area contributed by atoms with Crippen molar-refractivity contribution in [2.24, 2.45) is 13.0 Å². The molecule has 2 aliphatic rings. The zero-order valence-electron chi connectivity index (χ0n) is 14.5. The van der Waals surface area contributed by atoms with Gasteiger partial charge >= 0.3 is 0 Å². The van der Waals surface area contributed by atoms with Crippen molar-refractivity contribution in [1.29, 1.82) is 0 Å². The predicted octanol–water partition coefficient (Wildman–Crippen LogP) is 4.76. The standard InChI is InChI=1S/C10H19N.C10H11N/c2*1-8-7-9-5-3-4-6-10(9)11(8)2/h8-10H,3-7H2,1-2H3;3-7H,1-2H3. The van der Waals surface area contributed by atoms with Crippen LogP contribution in [0.1, 0.15) is 44.7 Å². The van der Waals surface area contributed by atoms with Gasteiger partial charge in [-0.15, -0.1) is 0 Å². The number of fused-ring (bicyclic) bond motifs is 2. The van der Waals surface area contributed by atoms with E-state index in [-0.39, 0.29) is 0 Å². The van der Waals surface area contributed by atoms with Crippen LogP contribution in [0, 0.1) is 12.8 Å². The second-order valence-corrected chi connectivity index (χ2v) is 7.27. The average molecular weight is 298 g/mol. The van der Waals surface area contributed by atoms with Gasteiger partial charge in [0.05, 0.1) is 0 Å². The van der Waals surface area contributed by atoms with Gasteiger partial charge in [-0.25, -0.2) is 0 Å². The summed E-state index contributed by atoms with van der Waals surface area (Å²) < 4.78 is 2.20. The molecular weight excluding hydrogens is 268 g/mol. The minimum atomic E-state index is 0.850. The molecule has 2 heteroatoms. The number of aromatic nitrogens is 1. The van der Waals surface area contributed by atoms with E-state index in [4.69, 9.17) is 0 Å². The maximum Gasteiger partial charge on any atom is 0.0479 e. The third kappa shape index (κ3) is 2.94. The Morgan fingerprint density at radius 1 is 1.05 bits per heavy atom. The number of likely N-dealkylation sites (tertiary alicyclic amines) is 1. The SMILES string of the molecule is CC1CC2CCCCC2N1C.Cc1cc2ccccc2n1C. The Morgan fingerprint density at radius 3 is 2.50 bits per heavy atom. The van der Waals surface area contributed by atoms with Crippen molar-refractivity contribution in [1.82, 2.24) is 9.47 Å². The number of para-hydroxylation sites is 1. The molecule has 2 nitrogen and oxygen atoms in total. The molecule has 4 rings (SSSR count). The summed E-state index contributed by atoms with van der Waals surface area (Å²) in [6.45, 7) is 4.50. The maximum atomic E-state index is 2.60. The lowest BCUT2D eigenvalue weighted by Crippen LogP contribution is -2.34. The van der Waals surface area contributed by atoms with E-state index in [1.165, 1.54) is 48.7 Å². The van der Waals surface area contributed by atoms with Gasteiger partial charge in [-0.05, 0) is 63.6 Å². The fourth-order valence-electron chi connectivity index (χ4n) is 4.36. The van der Waals surface area contributed by atoms with E-state index in [0.29, 0.717) is 0 Å². The molecule has 0 amide bonds. The summed E-state index contributed by atoms with van der Waals surface area (Å²) >= 11 is 0. The predicted molar refractivity (Wildman–Crippen MR) is 95.2 cm³/mol. The van der Waals surface area contributed by atoms with Crippen molar-refractivity contribution >= 4 is 10.9 Å². The van der Waals surface area contributed by atoms with Gasteiger partial charge in [-0.2, -0.15) is 0 Å². The molecule has 1 aromatic carbocycles. The van der Waals surface area contributed by atoms with Gasteiger partial charge in [0.15, 0.2) is 0 Å². The summed E-state index contributed by atoms with van der Waals surface area (Å²) in [4.78, 5) is 2.60. The molecule has 120 valence electrons. The molecule has 3 unspecified atom stereocenters. The zero-order chi connectivity index (χ0) is 15.7. The number of rotatable bonds is 0. The van der Waals surface area contributed by atoms with E-state index < -0.39 is 0 Å². The number of hydrogen-bond donors (Lipinski definition) is 0. The summed E-state index contributed by atoms with van der Waals surface area (Å²) in [5.41, 5.74) is 2.62. The lowest BCUT2D eigenvalue weighted by Gasteiger charge is -2.30. The van der Waals surface area contributed by atoms with Gasteiger partial charge in [-0.3, -0.25) is 0 Å². The fourth-order valence-corrected chi connectivity index (χ4v) is 4.36. The van der Waals surface area contributed by atoms with Crippen molar-refractivity contribution < 1.29 is 0 Å².